The van der Waals surface area contributed by atoms with Gasteiger partial charge in [-0.3, -0.25) is 0 Å². The smallest absolute Gasteiger partial charge is 0.170 e. The Morgan fingerprint density at radius 1 is 1.44 bits per heavy atom. The van der Waals surface area contributed by atoms with Gasteiger partial charge >= 0.3 is 18.9 Å². The zero-order chi connectivity index (χ0) is 5.98. The summed E-state index contributed by atoms with van der Waals surface area (Å²) in [5.74, 6) is 0. The summed E-state index contributed by atoms with van der Waals surface area (Å²) in [7, 11) is 0. The monoisotopic (exact) mass is 196 g/mol. The average molecular weight is 197 g/mol. The van der Waals surface area contributed by atoms with Gasteiger partial charge in [-0.2, -0.15) is 18.2 Å². The van der Waals surface area contributed by atoms with Crippen molar-refractivity contribution >= 4 is 27.5 Å². The molecule has 3 heteroatoms. The quantitative estimate of drug-likeness (QED) is 0.403. The van der Waals surface area contributed by atoms with Crippen molar-refractivity contribution in [1.82, 2.24) is 0 Å². The molecule has 0 heterocycles. The van der Waals surface area contributed by atoms with Crippen molar-refractivity contribution in [2.45, 2.75) is 0 Å². The van der Waals surface area contributed by atoms with Gasteiger partial charge in [0.25, 0.3) is 0 Å². The molecule has 0 amide bonds. The first-order valence-corrected chi connectivity index (χ1v) is 3.29. The maximum atomic E-state index is 5.56. The van der Waals surface area contributed by atoms with Crippen molar-refractivity contribution in [1.29, 1.82) is 0 Å². The van der Waals surface area contributed by atoms with Crippen molar-refractivity contribution in [3.05, 3.63) is 33.8 Å². The van der Waals surface area contributed by atoms with Crippen LogP contribution in [0.1, 0.15) is 0 Å². The molecule has 0 saturated carbocycles. The van der Waals surface area contributed by atoms with Gasteiger partial charge in [-0.1, -0.05) is 25.4 Å². The molecule has 0 fully saturated rings. The van der Waals surface area contributed by atoms with E-state index in [-0.39, 0.29) is 18.9 Å². The molecule has 0 aliphatic rings. The van der Waals surface area contributed by atoms with E-state index >= 15 is 0 Å². The van der Waals surface area contributed by atoms with Gasteiger partial charge in [-0.15, -0.1) is 17.7 Å². The van der Waals surface area contributed by atoms with E-state index in [0.29, 0.717) is 5.02 Å². The molecule has 0 aromatic heterocycles. The topological polar surface area (TPSA) is 0 Å². The first-order chi connectivity index (χ1) is 3.79. The molecule has 0 N–H and O–H groups in total. The molecule has 0 nitrogen and oxygen atoms in total. The fraction of sp³-hybridized carbons (Fsp3) is 0. The molecule has 0 aliphatic heterocycles. The summed E-state index contributed by atoms with van der Waals surface area (Å²) in [4.78, 5) is 0. The van der Waals surface area contributed by atoms with Crippen molar-refractivity contribution in [2.24, 2.45) is 0 Å². The summed E-state index contributed by atoms with van der Waals surface area (Å²) in [6.45, 7) is 0. The van der Waals surface area contributed by atoms with Crippen molar-refractivity contribution in [3.63, 3.8) is 0 Å². The second-order valence-corrected chi connectivity index (χ2v) is 2.61. The Labute approximate surface area is 79.9 Å². The van der Waals surface area contributed by atoms with Crippen LogP contribution < -0.4 is 18.9 Å². The molecule has 0 aliphatic carbocycles. The van der Waals surface area contributed by atoms with Gasteiger partial charge in [-0.05, 0) is 0 Å². The van der Waals surface area contributed by atoms with Crippen LogP contribution in [0.4, 0.5) is 0 Å². The summed E-state index contributed by atoms with van der Waals surface area (Å²) >= 11 is 8.78. The third-order valence-corrected chi connectivity index (χ3v) is 1.41. The number of hydrogen-bond acceptors (Lipinski definition) is 0. The van der Waals surface area contributed by atoms with Crippen LogP contribution >= 0.6 is 27.5 Å². The molecule has 0 radical (unpaired) electrons. The molecular weight excluding hydrogens is 194 g/mol. The fourth-order valence-corrected chi connectivity index (χ4v) is 1.07. The summed E-state index contributed by atoms with van der Waals surface area (Å²) in [5, 5.41) is 0.638. The number of hydrogen-bond donors (Lipinski definition) is 0. The fourth-order valence-electron chi connectivity index (χ4n) is 0.414. The Kier molecular flexibility index (Phi) is 4.70. The third kappa shape index (κ3) is 3.32. The minimum absolute atomic E-state index is 0. The van der Waals surface area contributed by atoms with E-state index in [1.807, 2.05) is 12.1 Å². The molecule has 1 aromatic carbocycles. The van der Waals surface area contributed by atoms with Gasteiger partial charge in [0, 0.05) is 0 Å². The standard InChI is InChI=1S/C6H3BrCl.Li/c7-5-2-1-3-6(8)4-5;/h1-3H;/q-1;+1. The van der Waals surface area contributed by atoms with Crippen molar-refractivity contribution < 1.29 is 18.9 Å². The maximum Gasteiger partial charge on any atom is 1.00 e. The second kappa shape index (κ2) is 4.41. The minimum atomic E-state index is 0. The molecule has 9 heavy (non-hydrogen) atoms. The molecule has 0 bridgehead atoms. The van der Waals surface area contributed by atoms with Crippen LogP contribution in [0.25, 0.3) is 0 Å². The van der Waals surface area contributed by atoms with Gasteiger partial charge in [0.05, 0.1) is 0 Å². The first kappa shape index (κ1) is 9.59. The SMILES string of the molecule is Clc1[c-]c(Br)ccc1.[Li+]. The Morgan fingerprint density at radius 3 is 2.44 bits per heavy atom. The average Bonchev–Trinajstić information content (AvgIpc) is 1.64. The van der Waals surface area contributed by atoms with Crippen LogP contribution in [0.3, 0.4) is 0 Å². The summed E-state index contributed by atoms with van der Waals surface area (Å²) in [5.41, 5.74) is 0. The van der Waals surface area contributed by atoms with Crippen LogP contribution in [-0.2, 0) is 0 Å². The molecular formula is C6H3BrClLi. The molecule has 0 spiro atoms. The number of halogens is 2. The summed E-state index contributed by atoms with van der Waals surface area (Å²) < 4.78 is 0.894. The van der Waals surface area contributed by atoms with E-state index in [1.165, 1.54) is 0 Å². The molecule has 1 aromatic rings. The second-order valence-electron chi connectivity index (χ2n) is 1.35. The molecule has 42 valence electrons. The van der Waals surface area contributed by atoms with Crippen LogP contribution in [0, 0.1) is 6.07 Å². The predicted octanol–water partition coefficient (Wildman–Crippen LogP) is -0.0933. The van der Waals surface area contributed by atoms with Gasteiger partial charge in [0.2, 0.25) is 0 Å². The Hall–Kier alpha value is 0.587. The Morgan fingerprint density at radius 2 is 2.11 bits per heavy atom. The van der Waals surface area contributed by atoms with Crippen LogP contribution in [0.5, 0.6) is 0 Å². The molecule has 0 unspecified atom stereocenters. The maximum absolute atomic E-state index is 5.56. The third-order valence-electron chi connectivity index (χ3n) is 0.724. The first-order valence-electron chi connectivity index (χ1n) is 2.12. The predicted molar refractivity (Wildman–Crippen MR) is 38.0 cm³/mol. The van der Waals surface area contributed by atoms with E-state index in [0.717, 1.165) is 4.47 Å². The Bertz CT molecular complexity index is 173. The van der Waals surface area contributed by atoms with Gasteiger partial charge in [0.1, 0.15) is 0 Å². The van der Waals surface area contributed by atoms with Crippen molar-refractivity contribution in [2.75, 3.05) is 0 Å². The normalized spacial score (nSPS) is 8.22. The zero-order valence-corrected chi connectivity index (χ0v) is 7.33. The molecule has 0 atom stereocenters. The zero-order valence-electron chi connectivity index (χ0n) is 4.99. The van der Waals surface area contributed by atoms with Gasteiger partial charge in [-0.25, -0.2) is 0 Å². The number of rotatable bonds is 0. The number of benzene rings is 1. The van der Waals surface area contributed by atoms with Crippen LogP contribution in [-0.4, -0.2) is 0 Å². The van der Waals surface area contributed by atoms with E-state index in [4.69, 9.17) is 11.6 Å². The van der Waals surface area contributed by atoms with Crippen LogP contribution in [0.2, 0.25) is 5.02 Å². The Balaban J connectivity index is 0.000000640. The summed E-state index contributed by atoms with van der Waals surface area (Å²) in [6.07, 6.45) is 0. The largest absolute Gasteiger partial charge is 1.00 e. The molecule has 1 rings (SSSR count). The van der Waals surface area contributed by atoms with Gasteiger partial charge in [0.15, 0.2) is 0 Å². The van der Waals surface area contributed by atoms with Crippen LogP contribution in [0.15, 0.2) is 22.7 Å². The minimum Gasteiger partial charge on any atom is -0.170 e. The van der Waals surface area contributed by atoms with E-state index in [9.17, 15) is 0 Å². The summed E-state index contributed by atoms with van der Waals surface area (Å²) in [6, 6.07) is 8.38. The van der Waals surface area contributed by atoms with E-state index in [2.05, 4.69) is 22.0 Å². The van der Waals surface area contributed by atoms with E-state index in [1.54, 1.807) is 6.07 Å². The van der Waals surface area contributed by atoms with E-state index < -0.39 is 0 Å². The molecule has 0 saturated heterocycles. The van der Waals surface area contributed by atoms with Crippen molar-refractivity contribution in [3.8, 4) is 0 Å². The van der Waals surface area contributed by atoms with Gasteiger partial charge < -0.3 is 0 Å².